The van der Waals surface area contributed by atoms with Gasteiger partial charge in [-0.25, -0.2) is 9.97 Å². The average Bonchev–Trinajstić information content (AvgIpc) is 3.01. The van der Waals surface area contributed by atoms with E-state index in [1.54, 1.807) is 10.9 Å². The van der Waals surface area contributed by atoms with Crippen molar-refractivity contribution in [1.29, 1.82) is 0 Å². The van der Waals surface area contributed by atoms with Crippen LogP contribution in [-0.4, -0.2) is 39.4 Å². The molecule has 1 fully saturated rings. The summed E-state index contributed by atoms with van der Waals surface area (Å²) in [6.45, 7) is 2.13. The second-order valence-electron chi connectivity index (χ2n) is 5.59. The van der Waals surface area contributed by atoms with Gasteiger partial charge in [-0.2, -0.15) is 5.10 Å². The molecule has 4 rings (SSSR count). The molecule has 1 aliphatic heterocycles. The zero-order chi connectivity index (χ0) is 15.8. The average molecular weight is 330 g/mol. The number of aryl methyl sites for hydroxylation is 1. The number of hydrogen-bond donors (Lipinski definition) is 0. The summed E-state index contributed by atoms with van der Waals surface area (Å²) in [5, 5.41) is 5.76. The molecule has 0 radical (unpaired) electrons. The summed E-state index contributed by atoms with van der Waals surface area (Å²) in [4.78, 5) is 11.1. The summed E-state index contributed by atoms with van der Waals surface area (Å²) >= 11 is 6.39. The van der Waals surface area contributed by atoms with Gasteiger partial charge in [-0.3, -0.25) is 4.68 Å². The lowest BCUT2D eigenvalue weighted by Crippen LogP contribution is -2.38. The minimum atomic E-state index is -0.0162. The Bertz CT molecular complexity index is 849. The third-order valence-corrected chi connectivity index (χ3v) is 4.32. The molecule has 7 heteroatoms. The van der Waals surface area contributed by atoms with Gasteiger partial charge in [-0.05, 0) is 12.1 Å². The Morgan fingerprint density at radius 3 is 3.13 bits per heavy atom. The molecule has 0 N–H and O–H groups in total. The topological polar surface area (TPSA) is 56.1 Å². The van der Waals surface area contributed by atoms with Crippen molar-refractivity contribution in [1.82, 2.24) is 19.7 Å². The smallest absolute Gasteiger partial charge is 0.163 e. The Labute approximate surface area is 138 Å². The quantitative estimate of drug-likeness (QED) is 0.723. The molecule has 3 aromatic rings. The van der Waals surface area contributed by atoms with Crippen LogP contribution in [0.4, 0.5) is 5.82 Å². The van der Waals surface area contributed by atoms with Crippen LogP contribution in [0.25, 0.3) is 11.0 Å². The molecule has 1 atom stereocenters. The maximum atomic E-state index is 6.39. The summed E-state index contributed by atoms with van der Waals surface area (Å²) < 4.78 is 7.66. The van der Waals surface area contributed by atoms with Crippen LogP contribution in [0.5, 0.6) is 0 Å². The third kappa shape index (κ3) is 2.75. The van der Waals surface area contributed by atoms with Gasteiger partial charge in [0.2, 0.25) is 0 Å². The van der Waals surface area contributed by atoms with Crippen LogP contribution in [0.1, 0.15) is 11.7 Å². The van der Waals surface area contributed by atoms with E-state index in [2.05, 4.69) is 20.0 Å². The molecule has 1 saturated heterocycles. The molecule has 1 aliphatic rings. The highest BCUT2D eigenvalue weighted by Crippen LogP contribution is 2.29. The van der Waals surface area contributed by atoms with Crippen molar-refractivity contribution in [2.75, 3.05) is 24.6 Å². The molecular weight excluding hydrogens is 314 g/mol. The molecule has 0 aromatic carbocycles. The number of rotatable bonds is 2. The summed E-state index contributed by atoms with van der Waals surface area (Å²) in [5.74, 6) is 0.832. The van der Waals surface area contributed by atoms with E-state index in [1.807, 2.05) is 37.6 Å². The van der Waals surface area contributed by atoms with Gasteiger partial charge >= 0.3 is 0 Å². The van der Waals surface area contributed by atoms with Crippen LogP contribution in [0.15, 0.2) is 36.8 Å². The summed E-state index contributed by atoms with van der Waals surface area (Å²) in [6, 6.07) is 5.69. The van der Waals surface area contributed by atoms with Gasteiger partial charge in [0.25, 0.3) is 0 Å². The van der Waals surface area contributed by atoms with Crippen LogP contribution >= 0.6 is 11.6 Å². The summed E-state index contributed by atoms with van der Waals surface area (Å²) in [6.07, 6.45) is 5.54. The van der Waals surface area contributed by atoms with Crippen LogP contribution in [-0.2, 0) is 11.8 Å². The van der Waals surface area contributed by atoms with Gasteiger partial charge in [-0.15, -0.1) is 0 Å². The molecule has 23 heavy (non-hydrogen) atoms. The van der Waals surface area contributed by atoms with Crippen molar-refractivity contribution in [2.45, 2.75) is 6.10 Å². The Morgan fingerprint density at radius 1 is 1.39 bits per heavy atom. The Kier molecular flexibility index (Phi) is 3.63. The van der Waals surface area contributed by atoms with Crippen LogP contribution in [0.3, 0.4) is 0 Å². The summed E-state index contributed by atoms with van der Waals surface area (Å²) in [7, 11) is 1.90. The second-order valence-corrected chi connectivity index (χ2v) is 6.00. The van der Waals surface area contributed by atoms with Crippen molar-refractivity contribution in [3.05, 3.63) is 47.4 Å². The van der Waals surface area contributed by atoms with Crippen molar-refractivity contribution < 1.29 is 4.74 Å². The highest BCUT2D eigenvalue weighted by atomic mass is 35.5. The number of aromatic nitrogens is 4. The SMILES string of the molecule is Cn1cc([C@H]2CN(c3cc(Cl)c4cccnc4n3)CCO2)cn1. The molecule has 0 spiro atoms. The molecule has 0 amide bonds. The number of halogens is 1. The van der Waals surface area contributed by atoms with Gasteiger partial charge < -0.3 is 9.64 Å². The number of hydrogen-bond acceptors (Lipinski definition) is 5. The summed E-state index contributed by atoms with van der Waals surface area (Å²) in [5.41, 5.74) is 1.74. The van der Waals surface area contributed by atoms with Crippen LogP contribution in [0, 0.1) is 0 Å². The minimum Gasteiger partial charge on any atom is -0.370 e. The Hall–Kier alpha value is -2.18. The number of anilines is 1. The second kappa shape index (κ2) is 5.79. The van der Waals surface area contributed by atoms with Crippen LogP contribution in [0.2, 0.25) is 5.02 Å². The van der Waals surface area contributed by atoms with Crippen molar-refractivity contribution in [3.8, 4) is 0 Å². The van der Waals surface area contributed by atoms with E-state index in [0.717, 1.165) is 23.3 Å². The first-order chi connectivity index (χ1) is 11.2. The van der Waals surface area contributed by atoms with Gasteiger partial charge in [0.1, 0.15) is 11.9 Å². The molecule has 0 aliphatic carbocycles. The Morgan fingerprint density at radius 2 is 2.30 bits per heavy atom. The molecule has 3 aromatic heterocycles. The van der Waals surface area contributed by atoms with E-state index in [-0.39, 0.29) is 6.10 Å². The van der Waals surface area contributed by atoms with E-state index in [9.17, 15) is 0 Å². The number of fused-ring (bicyclic) bond motifs is 1. The predicted molar refractivity (Wildman–Crippen MR) is 88.7 cm³/mol. The van der Waals surface area contributed by atoms with E-state index >= 15 is 0 Å². The number of ether oxygens (including phenoxy) is 1. The fourth-order valence-electron chi connectivity index (χ4n) is 2.83. The standard InChI is InChI=1S/C16H16ClN5O/c1-21-9-11(8-19-21)14-10-22(5-6-23-14)15-7-13(17)12-3-2-4-18-16(12)20-15/h2-4,7-9,14H,5-6,10H2,1H3/t14-/m1/s1. The molecule has 0 bridgehead atoms. The van der Waals surface area contributed by atoms with Gasteiger partial charge in [0, 0.05) is 49.5 Å². The van der Waals surface area contributed by atoms with Crippen molar-refractivity contribution in [3.63, 3.8) is 0 Å². The zero-order valence-electron chi connectivity index (χ0n) is 12.7. The first kappa shape index (κ1) is 14.4. The predicted octanol–water partition coefficient (Wildman–Crippen LogP) is 2.59. The van der Waals surface area contributed by atoms with E-state index in [1.165, 1.54) is 0 Å². The van der Waals surface area contributed by atoms with Gasteiger partial charge in [-0.1, -0.05) is 11.6 Å². The molecular formula is C16H16ClN5O. The molecule has 118 valence electrons. The lowest BCUT2D eigenvalue weighted by molar-refractivity contribution is 0.0395. The number of pyridine rings is 2. The first-order valence-electron chi connectivity index (χ1n) is 7.47. The lowest BCUT2D eigenvalue weighted by Gasteiger charge is -2.33. The molecule has 4 heterocycles. The van der Waals surface area contributed by atoms with E-state index < -0.39 is 0 Å². The van der Waals surface area contributed by atoms with Crippen molar-refractivity contribution >= 4 is 28.5 Å². The zero-order valence-corrected chi connectivity index (χ0v) is 13.4. The lowest BCUT2D eigenvalue weighted by atomic mass is 10.1. The maximum absolute atomic E-state index is 6.39. The van der Waals surface area contributed by atoms with Gasteiger partial charge in [0.15, 0.2) is 5.65 Å². The Balaban J connectivity index is 1.64. The molecule has 0 saturated carbocycles. The largest absolute Gasteiger partial charge is 0.370 e. The van der Waals surface area contributed by atoms with E-state index in [0.29, 0.717) is 23.8 Å². The molecule has 0 unspecified atom stereocenters. The minimum absolute atomic E-state index is 0.0162. The van der Waals surface area contributed by atoms with E-state index in [4.69, 9.17) is 16.3 Å². The highest BCUT2D eigenvalue weighted by molar-refractivity contribution is 6.35. The third-order valence-electron chi connectivity index (χ3n) is 4.01. The normalized spacial score (nSPS) is 18.5. The maximum Gasteiger partial charge on any atom is 0.163 e. The fraction of sp³-hybridized carbons (Fsp3) is 0.312. The van der Waals surface area contributed by atoms with Gasteiger partial charge in [0.05, 0.1) is 17.8 Å². The number of nitrogens with zero attached hydrogens (tertiary/aromatic N) is 5. The highest BCUT2D eigenvalue weighted by Gasteiger charge is 2.24. The monoisotopic (exact) mass is 329 g/mol. The first-order valence-corrected chi connectivity index (χ1v) is 7.85. The van der Waals surface area contributed by atoms with Crippen molar-refractivity contribution in [2.24, 2.45) is 7.05 Å². The van der Waals surface area contributed by atoms with Crippen LogP contribution < -0.4 is 4.90 Å². The molecule has 6 nitrogen and oxygen atoms in total. The fourth-order valence-corrected chi connectivity index (χ4v) is 3.08. The number of morpholine rings is 1.